The van der Waals surface area contributed by atoms with Crippen LogP contribution in [0.3, 0.4) is 0 Å². The largest absolute Gasteiger partial charge is 0.493 e. The Kier molecular flexibility index (Phi) is 9.18. The molecule has 1 aliphatic heterocycles. The lowest BCUT2D eigenvalue weighted by Gasteiger charge is -2.26. The van der Waals surface area contributed by atoms with Gasteiger partial charge in [-0.15, -0.1) is 0 Å². The molecule has 4 rings (SSSR count). The number of amides is 1. The Morgan fingerprint density at radius 3 is 2.78 bits per heavy atom. The van der Waals surface area contributed by atoms with E-state index >= 15 is 0 Å². The molecule has 0 aliphatic carbocycles. The van der Waals surface area contributed by atoms with E-state index in [4.69, 9.17) is 25.8 Å². The minimum atomic E-state index is -0.256. The molecule has 196 valence electrons. The molecule has 0 atom stereocenters. The summed E-state index contributed by atoms with van der Waals surface area (Å²) in [5, 5.41) is 5.19. The SMILES string of the molecule is CCCCc1nc2ccc(Br)cc2c(=O)n1N=Cc1cc(Cl)c(OCC(=O)N2CCOCC2)c(OC)c1. The van der Waals surface area contributed by atoms with E-state index in [1.54, 1.807) is 23.1 Å². The second-order valence-electron chi connectivity index (χ2n) is 8.47. The van der Waals surface area contributed by atoms with Gasteiger partial charge in [0.15, 0.2) is 18.1 Å². The number of fused-ring (bicyclic) bond motifs is 1. The van der Waals surface area contributed by atoms with Crippen LogP contribution < -0.4 is 15.0 Å². The Labute approximate surface area is 228 Å². The van der Waals surface area contributed by atoms with Crippen molar-refractivity contribution in [2.75, 3.05) is 40.0 Å². The topological polar surface area (TPSA) is 95.3 Å². The number of hydrogen-bond donors (Lipinski definition) is 0. The maximum atomic E-state index is 13.3. The van der Waals surface area contributed by atoms with Gasteiger partial charge >= 0.3 is 0 Å². The van der Waals surface area contributed by atoms with E-state index in [1.807, 2.05) is 12.1 Å². The van der Waals surface area contributed by atoms with E-state index in [1.165, 1.54) is 18.0 Å². The van der Waals surface area contributed by atoms with E-state index in [2.05, 4.69) is 32.9 Å². The summed E-state index contributed by atoms with van der Waals surface area (Å²) in [4.78, 5) is 32.1. The van der Waals surface area contributed by atoms with Gasteiger partial charge in [-0.25, -0.2) is 4.98 Å². The van der Waals surface area contributed by atoms with Crippen LogP contribution in [0.5, 0.6) is 11.5 Å². The molecule has 1 amide bonds. The Bertz CT molecular complexity index is 1370. The number of methoxy groups -OCH3 is 1. The molecule has 1 aliphatic rings. The molecule has 11 heteroatoms. The van der Waals surface area contributed by atoms with E-state index in [9.17, 15) is 9.59 Å². The third kappa shape index (κ3) is 6.49. The van der Waals surface area contributed by atoms with Gasteiger partial charge in [0.2, 0.25) is 0 Å². The number of carbonyl (C=O) groups is 1. The number of halogens is 2. The van der Waals surface area contributed by atoms with Gasteiger partial charge in [0.1, 0.15) is 5.82 Å². The van der Waals surface area contributed by atoms with Gasteiger partial charge in [-0.3, -0.25) is 9.59 Å². The maximum Gasteiger partial charge on any atom is 0.282 e. The first kappa shape index (κ1) is 27.1. The molecule has 0 N–H and O–H groups in total. The molecule has 1 saturated heterocycles. The minimum absolute atomic E-state index is 0.151. The van der Waals surface area contributed by atoms with Crippen LogP contribution in [0.4, 0.5) is 0 Å². The molecule has 37 heavy (non-hydrogen) atoms. The highest BCUT2D eigenvalue weighted by molar-refractivity contribution is 9.10. The van der Waals surface area contributed by atoms with Crippen molar-refractivity contribution in [3.05, 3.63) is 61.6 Å². The fraction of sp³-hybridized carbons (Fsp3) is 0.385. The van der Waals surface area contributed by atoms with Crippen LogP contribution in [-0.4, -0.2) is 66.7 Å². The van der Waals surface area contributed by atoms with Crippen LogP contribution in [-0.2, 0) is 16.0 Å². The number of hydrogen-bond acceptors (Lipinski definition) is 7. The highest BCUT2D eigenvalue weighted by atomic mass is 79.9. The predicted octanol–water partition coefficient (Wildman–Crippen LogP) is 4.28. The molecule has 0 saturated carbocycles. The van der Waals surface area contributed by atoms with Crippen LogP contribution >= 0.6 is 27.5 Å². The van der Waals surface area contributed by atoms with Crippen molar-refractivity contribution in [2.45, 2.75) is 26.2 Å². The lowest BCUT2D eigenvalue weighted by atomic mass is 10.2. The van der Waals surface area contributed by atoms with Crippen molar-refractivity contribution < 1.29 is 19.0 Å². The molecule has 1 aromatic heterocycles. The summed E-state index contributed by atoms with van der Waals surface area (Å²) in [5.41, 5.74) is 0.966. The van der Waals surface area contributed by atoms with Crippen molar-refractivity contribution in [1.82, 2.24) is 14.6 Å². The highest BCUT2D eigenvalue weighted by Crippen LogP contribution is 2.36. The Balaban J connectivity index is 1.61. The third-order valence-electron chi connectivity index (χ3n) is 5.91. The number of nitrogens with zero attached hydrogens (tertiary/aromatic N) is 4. The van der Waals surface area contributed by atoms with Crippen molar-refractivity contribution in [2.24, 2.45) is 5.10 Å². The first-order chi connectivity index (χ1) is 17.9. The Morgan fingerprint density at radius 2 is 2.05 bits per heavy atom. The van der Waals surface area contributed by atoms with E-state index < -0.39 is 0 Å². The molecular weight excluding hydrogens is 564 g/mol. The van der Waals surface area contributed by atoms with E-state index in [0.717, 1.165) is 17.3 Å². The van der Waals surface area contributed by atoms with Crippen molar-refractivity contribution in [1.29, 1.82) is 0 Å². The van der Waals surface area contributed by atoms with Gasteiger partial charge in [0, 0.05) is 24.0 Å². The number of unbranched alkanes of at least 4 members (excludes halogenated alkanes) is 1. The van der Waals surface area contributed by atoms with Crippen molar-refractivity contribution in [3.63, 3.8) is 0 Å². The smallest absolute Gasteiger partial charge is 0.282 e. The fourth-order valence-corrected chi connectivity index (χ4v) is 4.56. The van der Waals surface area contributed by atoms with Gasteiger partial charge in [-0.05, 0) is 42.3 Å². The highest BCUT2D eigenvalue weighted by Gasteiger charge is 2.19. The average molecular weight is 592 g/mol. The van der Waals surface area contributed by atoms with Crippen LogP contribution in [0.1, 0.15) is 31.2 Å². The quantitative estimate of drug-likeness (QED) is 0.345. The molecule has 1 fully saturated rings. The minimum Gasteiger partial charge on any atom is -0.493 e. The predicted molar refractivity (Wildman–Crippen MR) is 146 cm³/mol. The molecule has 3 aromatic rings. The maximum absolute atomic E-state index is 13.3. The summed E-state index contributed by atoms with van der Waals surface area (Å²) in [6.07, 6.45) is 3.97. The summed E-state index contributed by atoms with van der Waals surface area (Å²) in [6, 6.07) is 8.75. The van der Waals surface area contributed by atoms with Crippen LogP contribution in [0.25, 0.3) is 10.9 Å². The van der Waals surface area contributed by atoms with Gasteiger partial charge in [-0.1, -0.05) is 40.9 Å². The molecule has 9 nitrogen and oxygen atoms in total. The zero-order chi connectivity index (χ0) is 26.4. The molecule has 0 spiro atoms. The molecular formula is C26H28BrClN4O5. The van der Waals surface area contributed by atoms with Gasteiger partial charge < -0.3 is 19.1 Å². The first-order valence-electron chi connectivity index (χ1n) is 12.0. The Hall–Kier alpha value is -2.95. The second-order valence-corrected chi connectivity index (χ2v) is 9.79. The molecule has 2 heterocycles. The lowest BCUT2D eigenvalue weighted by Crippen LogP contribution is -2.43. The summed E-state index contributed by atoms with van der Waals surface area (Å²) in [6.45, 7) is 3.99. The zero-order valence-corrected chi connectivity index (χ0v) is 23.0. The number of aryl methyl sites for hydroxylation is 1. The van der Waals surface area contributed by atoms with Crippen molar-refractivity contribution in [3.8, 4) is 11.5 Å². The van der Waals surface area contributed by atoms with E-state index in [-0.39, 0.29) is 28.8 Å². The standard InChI is InChI=1S/C26H28BrClN4O5/c1-3-4-5-23-30-21-7-6-18(27)14-19(21)26(34)32(23)29-15-17-12-20(28)25(22(13-17)35-2)37-16-24(33)31-8-10-36-11-9-31/h6-7,12-15H,3-5,8-11,16H2,1-2H3. The summed E-state index contributed by atoms with van der Waals surface area (Å²) >= 11 is 9.91. The molecule has 0 bridgehead atoms. The average Bonchev–Trinajstić information content (AvgIpc) is 2.91. The summed E-state index contributed by atoms with van der Waals surface area (Å²) < 4.78 is 18.6. The number of ether oxygens (including phenoxy) is 3. The number of rotatable bonds is 9. The molecule has 0 radical (unpaired) electrons. The van der Waals surface area contributed by atoms with Gasteiger partial charge in [0.05, 0.1) is 42.5 Å². The number of morpholine rings is 1. The summed E-state index contributed by atoms with van der Waals surface area (Å²) in [5.74, 6) is 1.04. The van der Waals surface area contributed by atoms with Crippen LogP contribution in [0.15, 0.2) is 44.7 Å². The zero-order valence-electron chi connectivity index (χ0n) is 20.7. The third-order valence-corrected chi connectivity index (χ3v) is 6.68. The Morgan fingerprint density at radius 1 is 1.27 bits per heavy atom. The van der Waals surface area contributed by atoms with Crippen LogP contribution in [0, 0.1) is 0 Å². The second kappa shape index (κ2) is 12.5. The monoisotopic (exact) mass is 590 g/mol. The fourth-order valence-electron chi connectivity index (χ4n) is 3.93. The molecule has 2 aromatic carbocycles. The first-order valence-corrected chi connectivity index (χ1v) is 13.2. The van der Waals surface area contributed by atoms with Crippen molar-refractivity contribution >= 4 is 50.6 Å². The number of carbonyl (C=O) groups excluding carboxylic acids is 1. The van der Waals surface area contributed by atoms with Gasteiger partial charge in [0.25, 0.3) is 11.5 Å². The lowest BCUT2D eigenvalue weighted by molar-refractivity contribution is -0.137. The molecule has 0 unspecified atom stereocenters. The number of benzene rings is 2. The normalized spacial score (nSPS) is 13.9. The number of aromatic nitrogens is 2. The van der Waals surface area contributed by atoms with Crippen LogP contribution in [0.2, 0.25) is 5.02 Å². The van der Waals surface area contributed by atoms with Gasteiger partial charge in [-0.2, -0.15) is 9.78 Å². The summed E-state index contributed by atoms with van der Waals surface area (Å²) in [7, 11) is 1.49. The van der Waals surface area contributed by atoms with E-state index in [0.29, 0.717) is 60.8 Å².